The number of rotatable bonds is 8. The van der Waals surface area contributed by atoms with E-state index in [4.69, 9.17) is 9.51 Å². The Bertz CT molecular complexity index is 1020. The van der Waals surface area contributed by atoms with Crippen molar-refractivity contribution in [3.63, 3.8) is 0 Å². The van der Waals surface area contributed by atoms with Gasteiger partial charge in [-0.2, -0.15) is 4.98 Å². The van der Waals surface area contributed by atoms with Crippen molar-refractivity contribution >= 4 is 11.8 Å². The molecule has 30 heavy (non-hydrogen) atoms. The van der Waals surface area contributed by atoms with Crippen molar-refractivity contribution in [3.8, 4) is 0 Å². The highest BCUT2D eigenvalue weighted by Gasteiger charge is 2.21. The van der Waals surface area contributed by atoms with E-state index in [0.29, 0.717) is 31.0 Å². The van der Waals surface area contributed by atoms with Crippen LogP contribution in [0.25, 0.3) is 0 Å². The summed E-state index contributed by atoms with van der Waals surface area (Å²) in [5.74, 6) is 0.712. The van der Waals surface area contributed by atoms with E-state index in [1.165, 1.54) is 11.1 Å². The Labute approximate surface area is 175 Å². The van der Waals surface area contributed by atoms with Gasteiger partial charge >= 0.3 is 5.97 Å². The van der Waals surface area contributed by atoms with Gasteiger partial charge in [0.25, 0.3) is 0 Å². The average molecular weight is 406 g/mol. The highest BCUT2D eigenvalue weighted by molar-refractivity contribution is 5.76. The summed E-state index contributed by atoms with van der Waals surface area (Å²) >= 11 is 0. The number of pyridine rings is 1. The summed E-state index contributed by atoms with van der Waals surface area (Å²) in [7, 11) is 0. The van der Waals surface area contributed by atoms with Crippen molar-refractivity contribution in [1.82, 2.24) is 15.1 Å². The molecule has 156 valence electrons. The Balaban J connectivity index is 1.36. The van der Waals surface area contributed by atoms with Gasteiger partial charge in [-0.25, -0.2) is 4.98 Å². The third-order valence-electron chi connectivity index (χ3n) is 5.59. The van der Waals surface area contributed by atoms with Gasteiger partial charge in [-0.1, -0.05) is 41.6 Å². The van der Waals surface area contributed by atoms with Gasteiger partial charge in [0.1, 0.15) is 5.82 Å². The molecule has 1 aliphatic heterocycles. The number of fused-ring (bicyclic) bond motifs is 1. The first-order valence-corrected chi connectivity index (χ1v) is 10.4. The van der Waals surface area contributed by atoms with Crippen molar-refractivity contribution in [1.29, 1.82) is 0 Å². The number of hydrogen-bond donors (Lipinski definition) is 2. The quantitative estimate of drug-likeness (QED) is 0.588. The van der Waals surface area contributed by atoms with E-state index in [2.05, 4.69) is 21.5 Å². The van der Waals surface area contributed by atoms with Gasteiger partial charge in [-0.3, -0.25) is 4.79 Å². The monoisotopic (exact) mass is 406 g/mol. The number of carboxylic acids is 1. The lowest BCUT2D eigenvalue weighted by Crippen LogP contribution is -2.15. The molecule has 3 heterocycles. The molecule has 0 saturated carbocycles. The van der Waals surface area contributed by atoms with Crippen LogP contribution in [0.3, 0.4) is 0 Å². The largest absolute Gasteiger partial charge is 0.481 e. The van der Waals surface area contributed by atoms with Crippen molar-refractivity contribution in [2.24, 2.45) is 0 Å². The zero-order valence-electron chi connectivity index (χ0n) is 17.1. The fourth-order valence-electron chi connectivity index (χ4n) is 3.90. The van der Waals surface area contributed by atoms with Crippen LogP contribution in [0.15, 0.2) is 40.9 Å². The zero-order chi connectivity index (χ0) is 20.9. The van der Waals surface area contributed by atoms with E-state index < -0.39 is 11.9 Å². The molecule has 1 aliphatic rings. The summed E-state index contributed by atoms with van der Waals surface area (Å²) in [5, 5.41) is 17.0. The summed E-state index contributed by atoms with van der Waals surface area (Å²) in [6.07, 6.45) is 4.50. The lowest BCUT2D eigenvalue weighted by atomic mass is 9.94. The van der Waals surface area contributed by atoms with Crippen molar-refractivity contribution in [2.75, 3.05) is 11.9 Å². The molecule has 7 nitrogen and oxygen atoms in total. The first kappa shape index (κ1) is 20.1. The molecule has 2 N–H and O–H groups in total. The third-order valence-corrected chi connectivity index (χ3v) is 5.59. The van der Waals surface area contributed by atoms with E-state index in [0.717, 1.165) is 42.9 Å². The lowest BCUT2D eigenvalue weighted by Gasteiger charge is -2.19. The number of benzene rings is 1. The van der Waals surface area contributed by atoms with Crippen LogP contribution in [0.1, 0.15) is 52.9 Å². The van der Waals surface area contributed by atoms with Crippen LogP contribution in [0.5, 0.6) is 0 Å². The standard InChI is InChI=1S/C23H26N4O3/c1-15-17(14-18-8-5-13-24-22(18)25-15)9-11-20-26-21(30-27-20)12-10-19(23(28)29)16-6-3-2-4-7-16/h2-4,6-7,14,19H,5,8-13H2,1H3,(H,24,25)(H,28,29). The van der Waals surface area contributed by atoms with Gasteiger partial charge < -0.3 is 14.9 Å². The van der Waals surface area contributed by atoms with Crippen molar-refractivity contribution in [3.05, 3.63) is 70.5 Å². The Morgan fingerprint density at radius 1 is 1.20 bits per heavy atom. The minimum atomic E-state index is -0.842. The van der Waals surface area contributed by atoms with E-state index in [1.54, 1.807) is 0 Å². The molecular weight excluding hydrogens is 380 g/mol. The summed E-state index contributed by atoms with van der Waals surface area (Å²) in [6.45, 7) is 3.01. The van der Waals surface area contributed by atoms with E-state index >= 15 is 0 Å². The number of aromatic nitrogens is 3. The second-order valence-corrected chi connectivity index (χ2v) is 7.72. The molecule has 0 aliphatic carbocycles. The smallest absolute Gasteiger partial charge is 0.310 e. The van der Waals surface area contributed by atoms with Crippen molar-refractivity contribution in [2.45, 2.75) is 51.4 Å². The molecule has 1 atom stereocenters. The molecule has 1 aromatic carbocycles. The van der Waals surface area contributed by atoms with Crippen LogP contribution < -0.4 is 5.32 Å². The molecule has 0 radical (unpaired) electrons. The number of carbonyl (C=O) groups is 1. The molecule has 0 amide bonds. The minimum Gasteiger partial charge on any atom is -0.481 e. The first-order chi connectivity index (χ1) is 14.6. The number of anilines is 1. The van der Waals surface area contributed by atoms with Gasteiger partial charge in [-0.15, -0.1) is 0 Å². The van der Waals surface area contributed by atoms with Crippen LogP contribution in [0.2, 0.25) is 0 Å². The topological polar surface area (TPSA) is 101 Å². The number of carboxylic acid groups (broad SMARTS) is 1. The molecule has 0 fully saturated rings. The van der Waals surface area contributed by atoms with Gasteiger partial charge in [0, 0.05) is 25.1 Å². The second kappa shape index (κ2) is 9.07. The lowest BCUT2D eigenvalue weighted by molar-refractivity contribution is -0.139. The Hall–Kier alpha value is -3.22. The summed E-state index contributed by atoms with van der Waals surface area (Å²) in [5.41, 5.74) is 4.30. The highest BCUT2D eigenvalue weighted by atomic mass is 16.5. The Morgan fingerprint density at radius 2 is 2.03 bits per heavy atom. The fourth-order valence-corrected chi connectivity index (χ4v) is 3.90. The van der Waals surface area contributed by atoms with Crippen LogP contribution in [-0.2, 0) is 30.5 Å². The number of aliphatic carboxylic acids is 1. The second-order valence-electron chi connectivity index (χ2n) is 7.72. The zero-order valence-corrected chi connectivity index (χ0v) is 17.1. The number of aryl methyl sites for hydroxylation is 5. The van der Waals surface area contributed by atoms with Crippen LogP contribution >= 0.6 is 0 Å². The molecular formula is C23H26N4O3. The number of nitrogens with zero attached hydrogens (tertiary/aromatic N) is 3. The maximum Gasteiger partial charge on any atom is 0.310 e. The highest BCUT2D eigenvalue weighted by Crippen LogP contribution is 2.24. The van der Waals surface area contributed by atoms with Crippen molar-refractivity contribution < 1.29 is 14.4 Å². The summed E-state index contributed by atoms with van der Waals surface area (Å²) in [6, 6.07) is 11.5. The van der Waals surface area contributed by atoms with Crippen LogP contribution in [0, 0.1) is 6.92 Å². The van der Waals surface area contributed by atoms with Gasteiger partial charge in [0.15, 0.2) is 5.82 Å². The molecule has 0 bridgehead atoms. The van der Waals surface area contributed by atoms with E-state index in [-0.39, 0.29) is 0 Å². The fraction of sp³-hybridized carbons (Fsp3) is 0.391. The van der Waals surface area contributed by atoms with E-state index in [9.17, 15) is 9.90 Å². The SMILES string of the molecule is Cc1nc2c(cc1CCc1noc(CCC(C(=O)O)c3ccccc3)n1)CCCN2. The molecule has 4 rings (SSSR count). The van der Waals surface area contributed by atoms with Crippen LogP contribution in [-0.4, -0.2) is 32.7 Å². The first-order valence-electron chi connectivity index (χ1n) is 10.4. The molecule has 7 heteroatoms. The molecule has 0 spiro atoms. The summed E-state index contributed by atoms with van der Waals surface area (Å²) < 4.78 is 5.36. The van der Waals surface area contributed by atoms with Gasteiger partial charge in [0.2, 0.25) is 5.89 Å². The van der Waals surface area contributed by atoms with Crippen LogP contribution in [0.4, 0.5) is 5.82 Å². The van der Waals surface area contributed by atoms with E-state index in [1.807, 2.05) is 37.3 Å². The molecule has 3 aromatic rings. The molecule has 2 aromatic heterocycles. The third kappa shape index (κ3) is 4.67. The van der Waals surface area contributed by atoms with Gasteiger partial charge in [0.05, 0.1) is 5.92 Å². The predicted octanol–water partition coefficient (Wildman–Crippen LogP) is 3.72. The molecule has 0 saturated heterocycles. The number of hydrogen-bond acceptors (Lipinski definition) is 6. The average Bonchev–Trinajstić information content (AvgIpc) is 3.21. The maximum absolute atomic E-state index is 11.6. The Kier molecular flexibility index (Phi) is 6.07. The predicted molar refractivity (Wildman–Crippen MR) is 113 cm³/mol. The Morgan fingerprint density at radius 3 is 2.83 bits per heavy atom. The minimum absolute atomic E-state index is 0.418. The summed E-state index contributed by atoms with van der Waals surface area (Å²) in [4.78, 5) is 20.8. The normalized spacial score (nSPS) is 14.0. The maximum atomic E-state index is 11.6. The molecule has 1 unspecified atom stereocenters. The number of nitrogens with one attached hydrogen (secondary N) is 1. The van der Waals surface area contributed by atoms with Gasteiger partial charge in [-0.05, 0) is 49.3 Å².